The van der Waals surface area contributed by atoms with Crippen LogP contribution in [0.5, 0.6) is 0 Å². The summed E-state index contributed by atoms with van der Waals surface area (Å²) in [4.78, 5) is 11.8. The van der Waals surface area contributed by atoms with E-state index >= 15 is 4.39 Å². The number of nitriles is 1. The fourth-order valence-electron chi connectivity index (χ4n) is 5.81. The molecule has 0 amide bonds. The average Bonchev–Trinajstić information content (AvgIpc) is 3.42. The number of esters is 1. The molecule has 0 spiro atoms. The Bertz CT molecular complexity index is 2400. The van der Waals surface area contributed by atoms with Gasteiger partial charge in [0.2, 0.25) is 0 Å². The quantitative estimate of drug-likeness (QED) is 0.156. The minimum atomic E-state index is -4.53. The van der Waals surface area contributed by atoms with E-state index in [9.17, 15) is 27.3 Å². The molecule has 1 heterocycles. The Kier molecular flexibility index (Phi) is 8.60. The van der Waals surface area contributed by atoms with Crippen molar-refractivity contribution in [3.63, 3.8) is 0 Å². The highest BCUT2D eigenvalue weighted by atomic mass is 35.5. The van der Waals surface area contributed by atoms with Gasteiger partial charge in [0.15, 0.2) is 0 Å². The number of aryl methyl sites for hydroxylation is 1. The van der Waals surface area contributed by atoms with Crippen LogP contribution in [0.4, 0.5) is 13.2 Å². The molecule has 0 bridgehead atoms. The maximum Gasteiger partial charge on any atom is 0.337 e. The lowest BCUT2D eigenvalue weighted by molar-refractivity contribution is 0.0600. The van der Waals surface area contributed by atoms with Crippen molar-refractivity contribution in [1.82, 2.24) is 3.97 Å². The van der Waals surface area contributed by atoms with E-state index in [2.05, 4.69) is 6.07 Å². The van der Waals surface area contributed by atoms with Crippen LogP contribution in [-0.4, -0.2) is 25.5 Å². The van der Waals surface area contributed by atoms with Gasteiger partial charge in [0.25, 0.3) is 16.4 Å². The molecule has 0 N–H and O–H groups in total. The van der Waals surface area contributed by atoms with Gasteiger partial charge in [0.1, 0.15) is 5.82 Å². The first kappa shape index (κ1) is 32.6. The van der Waals surface area contributed by atoms with Gasteiger partial charge in [-0.1, -0.05) is 60.1 Å². The largest absolute Gasteiger partial charge is 0.465 e. The second-order valence-corrected chi connectivity index (χ2v) is 13.1. The van der Waals surface area contributed by atoms with Gasteiger partial charge in [0.05, 0.1) is 40.4 Å². The van der Waals surface area contributed by atoms with Crippen LogP contribution in [0.1, 0.15) is 33.5 Å². The summed E-state index contributed by atoms with van der Waals surface area (Å²) in [6.45, 7) is 1.76. The molecule has 48 heavy (non-hydrogen) atoms. The third kappa shape index (κ3) is 5.61. The van der Waals surface area contributed by atoms with E-state index < -0.39 is 28.2 Å². The van der Waals surface area contributed by atoms with Gasteiger partial charge in [-0.05, 0) is 72.6 Å². The van der Waals surface area contributed by atoms with Gasteiger partial charge in [-0.25, -0.2) is 30.4 Å². The van der Waals surface area contributed by atoms with Crippen LogP contribution in [-0.2, 0) is 14.8 Å². The number of alkyl halides is 2. The number of benzene rings is 5. The van der Waals surface area contributed by atoms with Crippen molar-refractivity contribution in [2.45, 2.75) is 18.2 Å². The molecule has 0 atom stereocenters. The Hall–Kier alpha value is -5.37. The van der Waals surface area contributed by atoms with Crippen molar-refractivity contribution in [2.24, 2.45) is 0 Å². The van der Waals surface area contributed by atoms with Crippen LogP contribution in [0.2, 0.25) is 5.02 Å². The standard InChI is InChI=1S/C37H24ClF3N2O4S/c1-21-5-3-8-26(20-42)33(21)34-30-19-27(39)12-16-32(30)43(48(45,46)28-13-9-22(10-14-28)36(40)41)35(34)24-7-4-6-23(17-24)29-15-11-25(18-31(29)38)37(44)47-2/h3-19,36H,1-2H3. The molecule has 0 aliphatic heterocycles. The lowest BCUT2D eigenvalue weighted by atomic mass is 9.91. The highest BCUT2D eigenvalue weighted by Gasteiger charge is 2.31. The number of fused-ring (bicyclic) bond motifs is 1. The van der Waals surface area contributed by atoms with Crippen LogP contribution in [0, 0.1) is 24.1 Å². The number of aromatic nitrogens is 1. The molecule has 0 aliphatic carbocycles. The smallest absolute Gasteiger partial charge is 0.337 e. The summed E-state index contributed by atoms with van der Waals surface area (Å²) < 4.78 is 76.8. The Labute approximate surface area is 279 Å². The van der Waals surface area contributed by atoms with Crippen molar-refractivity contribution in [2.75, 3.05) is 7.11 Å². The topological polar surface area (TPSA) is 89.2 Å². The molecule has 11 heteroatoms. The van der Waals surface area contributed by atoms with Gasteiger partial charge >= 0.3 is 5.97 Å². The molecule has 0 unspecified atom stereocenters. The molecule has 0 fully saturated rings. The molecular formula is C37H24ClF3N2O4S. The predicted octanol–water partition coefficient (Wildman–Crippen LogP) is 9.58. The van der Waals surface area contributed by atoms with Gasteiger partial charge in [0, 0.05) is 38.2 Å². The molecule has 1 aromatic heterocycles. The van der Waals surface area contributed by atoms with Crippen molar-refractivity contribution in [1.29, 1.82) is 5.26 Å². The van der Waals surface area contributed by atoms with Crippen LogP contribution in [0.3, 0.4) is 0 Å². The van der Waals surface area contributed by atoms with Crippen molar-refractivity contribution < 1.29 is 31.1 Å². The summed E-state index contributed by atoms with van der Waals surface area (Å²) in [6, 6.07) is 26.6. The van der Waals surface area contributed by atoms with Gasteiger partial charge < -0.3 is 4.74 Å². The molecule has 5 aromatic carbocycles. The Balaban J connectivity index is 1.72. The number of methoxy groups -OCH3 is 1. The normalized spacial score (nSPS) is 11.5. The molecule has 0 saturated heterocycles. The molecule has 0 aliphatic rings. The first-order valence-corrected chi connectivity index (χ1v) is 16.2. The zero-order chi connectivity index (χ0) is 34.3. The Morgan fingerprint density at radius 3 is 2.27 bits per heavy atom. The summed E-state index contributed by atoms with van der Waals surface area (Å²) >= 11 is 6.61. The van der Waals surface area contributed by atoms with E-state index in [4.69, 9.17) is 16.3 Å². The van der Waals surface area contributed by atoms with E-state index in [0.717, 1.165) is 34.3 Å². The average molecular weight is 685 g/mol. The number of rotatable bonds is 7. The zero-order valence-electron chi connectivity index (χ0n) is 25.3. The monoisotopic (exact) mass is 684 g/mol. The minimum Gasteiger partial charge on any atom is -0.465 e. The molecule has 6 nitrogen and oxygen atoms in total. The van der Waals surface area contributed by atoms with Crippen LogP contribution >= 0.6 is 11.6 Å². The predicted molar refractivity (Wildman–Crippen MR) is 178 cm³/mol. The van der Waals surface area contributed by atoms with E-state index in [1.54, 1.807) is 61.5 Å². The van der Waals surface area contributed by atoms with Crippen LogP contribution in [0.25, 0.3) is 44.4 Å². The fraction of sp³-hybridized carbons (Fsp3) is 0.0811. The summed E-state index contributed by atoms with van der Waals surface area (Å²) in [5.41, 5.74) is 3.12. The minimum absolute atomic E-state index is 0.109. The molecule has 0 radical (unpaired) electrons. The molecule has 6 rings (SSSR count). The van der Waals surface area contributed by atoms with Crippen molar-refractivity contribution >= 4 is 38.5 Å². The second-order valence-electron chi connectivity index (χ2n) is 10.9. The van der Waals surface area contributed by atoms with E-state index in [-0.39, 0.29) is 48.8 Å². The number of ether oxygens (including phenoxy) is 1. The van der Waals surface area contributed by atoms with Crippen LogP contribution < -0.4 is 0 Å². The third-order valence-corrected chi connectivity index (χ3v) is 10.1. The number of hydrogen-bond acceptors (Lipinski definition) is 5. The maximum atomic E-state index is 15.0. The highest BCUT2D eigenvalue weighted by molar-refractivity contribution is 7.90. The molecule has 0 saturated carbocycles. The lowest BCUT2D eigenvalue weighted by Crippen LogP contribution is -2.14. The summed E-state index contributed by atoms with van der Waals surface area (Å²) in [7, 11) is -3.28. The molecule has 240 valence electrons. The number of nitrogens with zero attached hydrogens (tertiary/aromatic N) is 2. The number of carbonyl (C=O) groups is 1. The Morgan fingerprint density at radius 2 is 1.60 bits per heavy atom. The van der Waals surface area contributed by atoms with Crippen molar-refractivity contribution in [3.05, 3.63) is 136 Å². The molecular weight excluding hydrogens is 661 g/mol. The third-order valence-electron chi connectivity index (χ3n) is 8.04. The van der Waals surface area contributed by atoms with Gasteiger partial charge in [-0.2, -0.15) is 5.26 Å². The summed E-state index contributed by atoms with van der Waals surface area (Å²) in [6.07, 6.45) is -2.80. The van der Waals surface area contributed by atoms with Crippen LogP contribution in [0.15, 0.2) is 108 Å². The first-order valence-electron chi connectivity index (χ1n) is 14.4. The van der Waals surface area contributed by atoms with Crippen molar-refractivity contribution in [3.8, 4) is 39.6 Å². The van der Waals surface area contributed by atoms with E-state index in [1.807, 2.05) is 0 Å². The number of halogens is 4. The number of hydrogen-bond donors (Lipinski definition) is 0. The fourth-order valence-corrected chi connectivity index (χ4v) is 7.65. The zero-order valence-corrected chi connectivity index (χ0v) is 26.9. The van der Waals surface area contributed by atoms with Gasteiger partial charge in [-0.3, -0.25) is 0 Å². The van der Waals surface area contributed by atoms with E-state index in [1.165, 1.54) is 25.3 Å². The summed E-state index contributed by atoms with van der Waals surface area (Å²) in [5.74, 6) is -1.21. The lowest BCUT2D eigenvalue weighted by Gasteiger charge is -2.16. The summed E-state index contributed by atoms with van der Waals surface area (Å²) in [5, 5.41) is 10.6. The second kappa shape index (κ2) is 12.7. The molecule has 6 aromatic rings. The number of carbonyl (C=O) groups excluding carboxylic acids is 1. The first-order chi connectivity index (χ1) is 23.0. The van der Waals surface area contributed by atoms with E-state index in [0.29, 0.717) is 27.8 Å². The SMILES string of the molecule is COC(=O)c1ccc(-c2cccc(-c3c(-c4c(C)cccc4C#N)c4cc(F)ccc4n3S(=O)(=O)c3ccc(C(F)F)cc3)c2)c(Cl)c1. The Morgan fingerprint density at radius 1 is 0.896 bits per heavy atom. The highest BCUT2D eigenvalue weighted by Crippen LogP contribution is 2.46. The van der Waals surface area contributed by atoms with Gasteiger partial charge in [-0.15, -0.1) is 0 Å². The maximum absolute atomic E-state index is 15.0.